The first-order chi connectivity index (χ1) is 8.96. The van der Waals surface area contributed by atoms with Crippen LogP contribution in [-0.2, 0) is 0 Å². The lowest BCUT2D eigenvalue weighted by Gasteiger charge is -2.30. The monoisotopic (exact) mass is 282 g/mol. The SMILES string of the molecule is CCC(CC)(CNc1cc(N)nc(C(C)C)n1)SC. The van der Waals surface area contributed by atoms with E-state index in [-0.39, 0.29) is 10.7 Å². The number of aromatic nitrogens is 2. The number of hydrogen-bond donors (Lipinski definition) is 2. The van der Waals surface area contributed by atoms with E-state index in [0.717, 1.165) is 31.0 Å². The molecule has 0 fully saturated rings. The molecule has 1 heterocycles. The van der Waals surface area contributed by atoms with Crippen LogP contribution < -0.4 is 11.1 Å². The third kappa shape index (κ3) is 4.27. The fourth-order valence-corrected chi connectivity index (χ4v) is 2.74. The predicted octanol–water partition coefficient (Wildman–Crippen LogP) is 3.52. The van der Waals surface area contributed by atoms with Gasteiger partial charge in [-0.05, 0) is 19.1 Å². The molecule has 108 valence electrons. The van der Waals surface area contributed by atoms with Gasteiger partial charge in [-0.15, -0.1) is 0 Å². The average Bonchev–Trinajstić information content (AvgIpc) is 2.40. The highest BCUT2D eigenvalue weighted by molar-refractivity contribution is 8.00. The molecular weight excluding hydrogens is 256 g/mol. The first-order valence-corrected chi connectivity index (χ1v) is 8.12. The van der Waals surface area contributed by atoms with Gasteiger partial charge in [-0.3, -0.25) is 0 Å². The highest BCUT2D eigenvalue weighted by atomic mass is 32.2. The number of nitrogens with one attached hydrogen (secondary N) is 1. The van der Waals surface area contributed by atoms with E-state index in [2.05, 4.69) is 49.2 Å². The summed E-state index contributed by atoms with van der Waals surface area (Å²) in [5.74, 6) is 2.44. The molecule has 0 aromatic carbocycles. The van der Waals surface area contributed by atoms with Gasteiger partial charge in [-0.2, -0.15) is 11.8 Å². The van der Waals surface area contributed by atoms with Crippen molar-refractivity contribution in [1.29, 1.82) is 0 Å². The molecule has 19 heavy (non-hydrogen) atoms. The molecule has 0 radical (unpaired) electrons. The number of hydrogen-bond acceptors (Lipinski definition) is 5. The molecule has 1 aromatic rings. The van der Waals surface area contributed by atoms with Gasteiger partial charge in [-0.25, -0.2) is 9.97 Å². The molecule has 0 aliphatic carbocycles. The lowest BCUT2D eigenvalue weighted by molar-refractivity contribution is 0.573. The van der Waals surface area contributed by atoms with Crippen LogP contribution in [0.2, 0.25) is 0 Å². The summed E-state index contributed by atoms with van der Waals surface area (Å²) in [5.41, 5.74) is 5.84. The molecule has 1 aromatic heterocycles. The minimum absolute atomic E-state index is 0.262. The van der Waals surface area contributed by atoms with Crippen LogP contribution >= 0.6 is 11.8 Å². The summed E-state index contributed by atoms with van der Waals surface area (Å²) >= 11 is 1.91. The van der Waals surface area contributed by atoms with Gasteiger partial charge in [0.25, 0.3) is 0 Å². The molecule has 1 rings (SSSR count). The average molecular weight is 282 g/mol. The second-order valence-electron chi connectivity index (χ2n) is 5.14. The van der Waals surface area contributed by atoms with Crippen LogP contribution in [0, 0.1) is 0 Å². The van der Waals surface area contributed by atoms with Crippen LogP contribution in [0.25, 0.3) is 0 Å². The Morgan fingerprint density at radius 3 is 2.42 bits per heavy atom. The molecule has 4 nitrogen and oxygen atoms in total. The van der Waals surface area contributed by atoms with Gasteiger partial charge in [0.15, 0.2) is 0 Å². The van der Waals surface area contributed by atoms with Gasteiger partial charge < -0.3 is 11.1 Å². The third-order valence-corrected chi connectivity index (χ3v) is 5.18. The van der Waals surface area contributed by atoms with E-state index in [0.29, 0.717) is 5.82 Å². The van der Waals surface area contributed by atoms with Gasteiger partial charge in [-0.1, -0.05) is 27.7 Å². The summed E-state index contributed by atoms with van der Waals surface area (Å²) in [7, 11) is 0. The minimum Gasteiger partial charge on any atom is -0.384 e. The van der Waals surface area contributed by atoms with Crippen molar-refractivity contribution in [2.75, 3.05) is 23.9 Å². The fourth-order valence-electron chi connectivity index (χ4n) is 1.95. The highest BCUT2D eigenvalue weighted by Crippen LogP contribution is 2.30. The maximum atomic E-state index is 5.84. The second-order valence-corrected chi connectivity index (χ2v) is 6.41. The van der Waals surface area contributed by atoms with Crippen molar-refractivity contribution >= 4 is 23.4 Å². The van der Waals surface area contributed by atoms with Crippen molar-refractivity contribution in [3.63, 3.8) is 0 Å². The molecule has 0 spiro atoms. The Bertz CT molecular complexity index is 394. The van der Waals surface area contributed by atoms with E-state index in [4.69, 9.17) is 5.73 Å². The number of nitrogens with two attached hydrogens (primary N) is 1. The first kappa shape index (κ1) is 16.1. The number of nitrogen functional groups attached to an aromatic ring is 1. The van der Waals surface area contributed by atoms with E-state index in [1.54, 1.807) is 0 Å². The molecule has 0 atom stereocenters. The summed E-state index contributed by atoms with van der Waals surface area (Å²) in [6.07, 6.45) is 4.44. The second kappa shape index (κ2) is 6.98. The Kier molecular flexibility index (Phi) is 5.91. The summed E-state index contributed by atoms with van der Waals surface area (Å²) in [4.78, 5) is 8.79. The minimum atomic E-state index is 0.262. The molecule has 0 unspecified atom stereocenters. The van der Waals surface area contributed by atoms with Crippen LogP contribution in [0.3, 0.4) is 0 Å². The van der Waals surface area contributed by atoms with Crippen molar-refractivity contribution in [3.05, 3.63) is 11.9 Å². The molecule has 0 aliphatic rings. The highest BCUT2D eigenvalue weighted by Gasteiger charge is 2.24. The van der Waals surface area contributed by atoms with E-state index in [1.165, 1.54) is 0 Å². The molecule has 0 bridgehead atoms. The van der Waals surface area contributed by atoms with E-state index in [1.807, 2.05) is 17.8 Å². The van der Waals surface area contributed by atoms with Crippen LogP contribution in [0.5, 0.6) is 0 Å². The number of anilines is 2. The zero-order chi connectivity index (χ0) is 14.5. The largest absolute Gasteiger partial charge is 0.384 e. The molecule has 5 heteroatoms. The lowest BCUT2D eigenvalue weighted by Crippen LogP contribution is -2.32. The van der Waals surface area contributed by atoms with Gasteiger partial charge in [0.1, 0.15) is 17.5 Å². The van der Waals surface area contributed by atoms with Crippen molar-refractivity contribution in [1.82, 2.24) is 9.97 Å². The first-order valence-electron chi connectivity index (χ1n) is 6.89. The Hall–Kier alpha value is -0.970. The normalized spacial score (nSPS) is 11.9. The van der Waals surface area contributed by atoms with Crippen LogP contribution in [0.1, 0.15) is 52.3 Å². The zero-order valence-electron chi connectivity index (χ0n) is 12.7. The maximum Gasteiger partial charge on any atom is 0.135 e. The molecule has 0 saturated carbocycles. The predicted molar refractivity (Wildman–Crippen MR) is 85.9 cm³/mol. The third-order valence-electron chi connectivity index (χ3n) is 3.59. The maximum absolute atomic E-state index is 5.84. The van der Waals surface area contributed by atoms with Gasteiger partial charge >= 0.3 is 0 Å². The Morgan fingerprint density at radius 1 is 1.32 bits per heavy atom. The standard InChI is InChI=1S/C14H26N4S/c1-6-14(7-2,19-5)9-16-12-8-11(15)17-13(18-12)10(3)4/h8,10H,6-7,9H2,1-5H3,(H3,15,16,17,18). The van der Waals surface area contributed by atoms with Crippen LogP contribution in [0.15, 0.2) is 6.07 Å². The van der Waals surface area contributed by atoms with E-state index in [9.17, 15) is 0 Å². The Balaban J connectivity index is 2.82. The number of thioether (sulfide) groups is 1. The van der Waals surface area contributed by atoms with E-state index < -0.39 is 0 Å². The fraction of sp³-hybridized carbons (Fsp3) is 0.714. The van der Waals surface area contributed by atoms with Crippen LogP contribution in [-0.4, -0.2) is 27.5 Å². The number of rotatable bonds is 7. The van der Waals surface area contributed by atoms with Gasteiger partial charge in [0.2, 0.25) is 0 Å². The van der Waals surface area contributed by atoms with Crippen molar-refractivity contribution < 1.29 is 0 Å². The summed E-state index contributed by atoms with van der Waals surface area (Å²) in [6.45, 7) is 9.51. The molecule has 0 saturated heterocycles. The number of nitrogens with zero attached hydrogens (tertiary/aromatic N) is 2. The molecule has 3 N–H and O–H groups in total. The van der Waals surface area contributed by atoms with Crippen molar-refractivity contribution in [2.45, 2.75) is 51.2 Å². The lowest BCUT2D eigenvalue weighted by atomic mass is 10.0. The van der Waals surface area contributed by atoms with Crippen molar-refractivity contribution in [2.24, 2.45) is 0 Å². The topological polar surface area (TPSA) is 63.8 Å². The molecular formula is C14H26N4S. The van der Waals surface area contributed by atoms with Gasteiger partial charge in [0.05, 0.1) is 0 Å². The quantitative estimate of drug-likeness (QED) is 0.801. The molecule has 0 aliphatic heterocycles. The summed E-state index contributed by atoms with van der Waals surface area (Å²) in [6, 6.07) is 1.81. The zero-order valence-corrected chi connectivity index (χ0v) is 13.5. The van der Waals surface area contributed by atoms with Crippen LogP contribution in [0.4, 0.5) is 11.6 Å². The Labute approximate surface area is 121 Å². The summed E-state index contributed by atoms with van der Waals surface area (Å²) in [5, 5.41) is 3.42. The van der Waals surface area contributed by atoms with E-state index >= 15 is 0 Å². The smallest absolute Gasteiger partial charge is 0.135 e. The van der Waals surface area contributed by atoms with Gasteiger partial charge in [0, 0.05) is 23.3 Å². The molecule has 0 amide bonds. The van der Waals surface area contributed by atoms with Crippen molar-refractivity contribution in [3.8, 4) is 0 Å². The Morgan fingerprint density at radius 2 is 1.95 bits per heavy atom. The summed E-state index contributed by atoms with van der Waals surface area (Å²) < 4.78 is 0.262.